The van der Waals surface area contributed by atoms with Crippen LogP contribution in [0.1, 0.15) is 18.4 Å². The van der Waals surface area contributed by atoms with E-state index in [1.807, 2.05) is 0 Å². The van der Waals surface area contributed by atoms with E-state index in [9.17, 15) is 21.6 Å². The van der Waals surface area contributed by atoms with Gasteiger partial charge in [-0.2, -0.15) is 17.9 Å². The van der Waals surface area contributed by atoms with Gasteiger partial charge in [0.25, 0.3) is 0 Å². The lowest BCUT2D eigenvalue weighted by Crippen LogP contribution is -2.47. The highest BCUT2D eigenvalue weighted by Crippen LogP contribution is 2.49. The first kappa shape index (κ1) is 15.3. The molecule has 0 spiro atoms. The van der Waals surface area contributed by atoms with E-state index < -0.39 is 21.7 Å². The minimum Gasteiger partial charge on any atom is -0.316 e. The number of halogens is 3. The number of hydrogen-bond donors (Lipinski definition) is 2. The van der Waals surface area contributed by atoms with Gasteiger partial charge in [-0.15, -0.1) is 0 Å². The van der Waals surface area contributed by atoms with Crippen LogP contribution in [0.25, 0.3) is 0 Å². The van der Waals surface area contributed by atoms with Gasteiger partial charge < -0.3 is 5.32 Å². The van der Waals surface area contributed by atoms with E-state index in [4.69, 9.17) is 0 Å². The monoisotopic (exact) mass is 308 g/mol. The molecule has 2 N–H and O–H groups in total. The van der Waals surface area contributed by atoms with Gasteiger partial charge in [0.1, 0.15) is 5.54 Å². The van der Waals surface area contributed by atoms with E-state index in [2.05, 4.69) is 5.32 Å². The standard InChI is InChI=1S/C12H15F3N2O2S/c1-16-8-9-3-2-4-10(7-9)20(18,19)17-11(5-6-11)12(13,14)15/h2-4,7,16-17H,5-6,8H2,1H3. The first-order valence-corrected chi connectivity index (χ1v) is 7.53. The van der Waals surface area contributed by atoms with Crippen LogP contribution in [0.3, 0.4) is 0 Å². The Bertz CT molecular complexity index is 595. The van der Waals surface area contributed by atoms with Crippen LogP contribution in [-0.2, 0) is 16.6 Å². The molecule has 0 amide bonds. The summed E-state index contributed by atoms with van der Waals surface area (Å²) in [6, 6.07) is 5.86. The van der Waals surface area contributed by atoms with Crippen molar-refractivity contribution in [2.75, 3.05) is 7.05 Å². The number of rotatable bonds is 5. The number of alkyl halides is 3. The maximum atomic E-state index is 12.8. The van der Waals surface area contributed by atoms with Crippen LogP contribution >= 0.6 is 0 Å². The summed E-state index contributed by atoms with van der Waals surface area (Å²) in [6.45, 7) is 0.438. The molecule has 1 aromatic carbocycles. The highest BCUT2D eigenvalue weighted by molar-refractivity contribution is 7.89. The molecule has 1 aliphatic carbocycles. The minimum absolute atomic E-state index is 0.152. The predicted molar refractivity (Wildman–Crippen MR) is 67.5 cm³/mol. The van der Waals surface area contributed by atoms with Gasteiger partial charge in [-0.25, -0.2) is 8.42 Å². The Morgan fingerprint density at radius 3 is 2.45 bits per heavy atom. The molecule has 112 valence electrons. The zero-order valence-corrected chi connectivity index (χ0v) is 11.6. The third-order valence-corrected chi connectivity index (χ3v) is 4.75. The van der Waals surface area contributed by atoms with Gasteiger partial charge in [-0.05, 0) is 37.6 Å². The van der Waals surface area contributed by atoms with Crippen molar-refractivity contribution in [2.24, 2.45) is 0 Å². The van der Waals surface area contributed by atoms with Gasteiger partial charge >= 0.3 is 6.18 Å². The molecule has 0 aromatic heterocycles. The molecule has 0 bridgehead atoms. The smallest absolute Gasteiger partial charge is 0.316 e. The van der Waals surface area contributed by atoms with Crippen molar-refractivity contribution in [1.29, 1.82) is 0 Å². The number of sulfonamides is 1. The summed E-state index contributed by atoms with van der Waals surface area (Å²) in [7, 11) is -2.48. The summed E-state index contributed by atoms with van der Waals surface area (Å²) in [5.41, 5.74) is -1.60. The molecule has 20 heavy (non-hydrogen) atoms. The van der Waals surface area contributed by atoms with Crippen LogP contribution in [0, 0.1) is 0 Å². The molecule has 0 heterocycles. The third-order valence-electron chi connectivity index (χ3n) is 3.21. The third kappa shape index (κ3) is 2.97. The van der Waals surface area contributed by atoms with Crippen LogP contribution in [0.2, 0.25) is 0 Å². The highest BCUT2D eigenvalue weighted by atomic mass is 32.2. The Kier molecular flexibility index (Phi) is 3.83. The fraction of sp³-hybridized carbons (Fsp3) is 0.500. The zero-order valence-electron chi connectivity index (χ0n) is 10.8. The summed E-state index contributed by atoms with van der Waals surface area (Å²) in [5, 5.41) is 2.85. The Hall–Kier alpha value is -1.12. The summed E-state index contributed by atoms with van der Waals surface area (Å²) >= 11 is 0. The Balaban J connectivity index is 2.25. The summed E-state index contributed by atoms with van der Waals surface area (Å²) in [6.07, 6.45) is -5.00. The Morgan fingerprint density at radius 1 is 1.30 bits per heavy atom. The largest absolute Gasteiger partial charge is 0.407 e. The summed E-state index contributed by atoms with van der Waals surface area (Å²) in [5.74, 6) is 0. The van der Waals surface area contributed by atoms with Crippen molar-refractivity contribution in [2.45, 2.75) is 36.0 Å². The van der Waals surface area contributed by atoms with Crippen molar-refractivity contribution >= 4 is 10.0 Å². The Labute approximate surface area is 115 Å². The number of nitrogens with one attached hydrogen (secondary N) is 2. The molecular weight excluding hydrogens is 293 g/mol. The van der Waals surface area contributed by atoms with E-state index in [1.54, 1.807) is 17.8 Å². The topological polar surface area (TPSA) is 58.2 Å². The zero-order chi connectivity index (χ0) is 15.0. The molecule has 1 fully saturated rings. The molecule has 0 aliphatic heterocycles. The van der Waals surface area contributed by atoms with Crippen LogP contribution in [0.5, 0.6) is 0 Å². The first-order chi connectivity index (χ1) is 9.20. The van der Waals surface area contributed by atoms with Crippen LogP contribution in [-0.4, -0.2) is 27.2 Å². The molecular formula is C12H15F3N2O2S. The fourth-order valence-electron chi connectivity index (χ4n) is 1.91. The molecule has 0 unspecified atom stereocenters. The fourth-order valence-corrected chi connectivity index (χ4v) is 3.43. The van der Waals surface area contributed by atoms with Crippen molar-refractivity contribution < 1.29 is 21.6 Å². The lowest BCUT2D eigenvalue weighted by atomic mass is 10.2. The van der Waals surface area contributed by atoms with Crippen molar-refractivity contribution in [3.63, 3.8) is 0 Å². The maximum absolute atomic E-state index is 12.8. The summed E-state index contributed by atoms with van der Waals surface area (Å²) in [4.78, 5) is -0.152. The quantitative estimate of drug-likeness (QED) is 0.872. The van der Waals surface area contributed by atoms with Gasteiger partial charge in [-0.1, -0.05) is 12.1 Å². The van der Waals surface area contributed by atoms with Crippen molar-refractivity contribution in [1.82, 2.24) is 10.0 Å². The van der Waals surface area contributed by atoms with Crippen molar-refractivity contribution in [3.8, 4) is 0 Å². The van der Waals surface area contributed by atoms with Crippen LogP contribution in [0.4, 0.5) is 13.2 Å². The average Bonchev–Trinajstić information content (AvgIpc) is 3.09. The second-order valence-corrected chi connectivity index (χ2v) is 6.55. The number of hydrogen-bond acceptors (Lipinski definition) is 3. The van der Waals surface area contributed by atoms with Crippen LogP contribution in [0.15, 0.2) is 29.2 Å². The first-order valence-electron chi connectivity index (χ1n) is 6.04. The van der Waals surface area contributed by atoms with Gasteiger partial charge in [0.2, 0.25) is 10.0 Å². The molecule has 1 aliphatic rings. The molecule has 1 aromatic rings. The van der Waals surface area contributed by atoms with Gasteiger partial charge in [-0.3, -0.25) is 0 Å². The van der Waals surface area contributed by atoms with Crippen LogP contribution < -0.4 is 10.0 Å². The average molecular weight is 308 g/mol. The van der Waals surface area contributed by atoms with Gasteiger partial charge in [0, 0.05) is 6.54 Å². The molecule has 0 atom stereocenters. The van der Waals surface area contributed by atoms with E-state index in [0.29, 0.717) is 12.1 Å². The second-order valence-electron chi connectivity index (χ2n) is 4.86. The number of benzene rings is 1. The molecule has 4 nitrogen and oxygen atoms in total. The predicted octanol–water partition coefficient (Wildman–Crippen LogP) is 1.78. The molecule has 0 saturated heterocycles. The molecule has 2 rings (SSSR count). The maximum Gasteiger partial charge on any atom is 0.407 e. The summed E-state index contributed by atoms with van der Waals surface area (Å²) < 4.78 is 64.3. The Morgan fingerprint density at radius 2 is 1.95 bits per heavy atom. The van der Waals surface area contributed by atoms with E-state index in [-0.39, 0.29) is 17.7 Å². The molecule has 0 radical (unpaired) electrons. The van der Waals surface area contributed by atoms with E-state index >= 15 is 0 Å². The van der Waals surface area contributed by atoms with E-state index in [1.165, 1.54) is 18.2 Å². The van der Waals surface area contributed by atoms with Gasteiger partial charge in [0.05, 0.1) is 4.90 Å². The SMILES string of the molecule is CNCc1cccc(S(=O)(=O)NC2(C(F)(F)F)CC2)c1. The lowest BCUT2D eigenvalue weighted by Gasteiger charge is -2.20. The lowest BCUT2D eigenvalue weighted by molar-refractivity contribution is -0.160. The minimum atomic E-state index is -4.57. The molecule has 8 heteroatoms. The highest BCUT2D eigenvalue weighted by Gasteiger charge is 2.65. The second kappa shape index (κ2) is 5.01. The van der Waals surface area contributed by atoms with Crippen molar-refractivity contribution in [3.05, 3.63) is 29.8 Å². The normalized spacial score (nSPS) is 18.0. The van der Waals surface area contributed by atoms with E-state index in [0.717, 1.165) is 0 Å². The molecule has 1 saturated carbocycles. The van der Waals surface area contributed by atoms with Gasteiger partial charge in [0.15, 0.2) is 0 Å².